The normalized spacial score (nSPS) is 18.9. The van der Waals surface area contributed by atoms with Gasteiger partial charge in [0.2, 0.25) is 5.91 Å². The predicted octanol–water partition coefficient (Wildman–Crippen LogP) is 3.61. The molecule has 0 saturated carbocycles. The molecule has 1 aromatic carbocycles. The van der Waals surface area contributed by atoms with Crippen LogP contribution in [-0.2, 0) is 4.79 Å². The first-order valence-electron chi connectivity index (χ1n) is 7.79. The van der Waals surface area contributed by atoms with E-state index >= 15 is 0 Å². The highest BCUT2D eigenvalue weighted by molar-refractivity contribution is 5.79. The third-order valence-electron chi connectivity index (χ3n) is 4.09. The van der Waals surface area contributed by atoms with Crippen molar-refractivity contribution in [2.75, 3.05) is 0 Å². The number of benzene rings is 1. The number of allylic oxidation sites excluding steroid dienone is 2. The molecule has 1 aromatic heterocycles. The summed E-state index contributed by atoms with van der Waals surface area (Å²) in [6.45, 7) is 1.96. The standard InChI is InChI=1S/C18H21N3O/c1-13(20-18(22)15-10-6-3-7-11-15)17-19-12-16(21-17)14-8-4-2-5-9-14/h2-6,8-9,12-13,15H,7,10-11H2,1H3,(H,19,21)(H,20,22)/t13-,15+/m1/s1. The average Bonchev–Trinajstić information content (AvgIpc) is 3.06. The molecule has 1 aliphatic rings. The van der Waals surface area contributed by atoms with Gasteiger partial charge in [-0.15, -0.1) is 0 Å². The fraction of sp³-hybridized carbons (Fsp3) is 0.333. The second-order valence-electron chi connectivity index (χ2n) is 5.76. The summed E-state index contributed by atoms with van der Waals surface area (Å²) in [4.78, 5) is 20.0. The molecule has 114 valence electrons. The van der Waals surface area contributed by atoms with Crippen molar-refractivity contribution in [3.05, 3.63) is 54.5 Å². The smallest absolute Gasteiger partial charge is 0.224 e. The van der Waals surface area contributed by atoms with Gasteiger partial charge in [0.1, 0.15) is 5.82 Å². The van der Waals surface area contributed by atoms with Gasteiger partial charge in [-0.1, -0.05) is 42.5 Å². The lowest BCUT2D eigenvalue weighted by Gasteiger charge is -2.19. The molecule has 0 saturated heterocycles. The quantitative estimate of drug-likeness (QED) is 0.847. The summed E-state index contributed by atoms with van der Waals surface area (Å²) in [5.41, 5.74) is 2.06. The van der Waals surface area contributed by atoms with Gasteiger partial charge in [-0.2, -0.15) is 0 Å². The van der Waals surface area contributed by atoms with E-state index in [1.165, 1.54) is 0 Å². The zero-order valence-electron chi connectivity index (χ0n) is 12.8. The molecule has 0 radical (unpaired) electrons. The van der Waals surface area contributed by atoms with E-state index in [0.29, 0.717) is 0 Å². The summed E-state index contributed by atoms with van der Waals surface area (Å²) >= 11 is 0. The van der Waals surface area contributed by atoms with Crippen LogP contribution in [0, 0.1) is 5.92 Å². The fourth-order valence-electron chi connectivity index (χ4n) is 2.75. The zero-order valence-corrected chi connectivity index (χ0v) is 12.8. The Bertz CT molecular complexity index is 660. The van der Waals surface area contributed by atoms with E-state index in [9.17, 15) is 4.79 Å². The lowest BCUT2D eigenvalue weighted by Crippen LogP contribution is -2.33. The van der Waals surface area contributed by atoms with Crippen molar-refractivity contribution in [3.63, 3.8) is 0 Å². The van der Waals surface area contributed by atoms with Gasteiger partial charge in [0, 0.05) is 5.92 Å². The molecule has 1 amide bonds. The van der Waals surface area contributed by atoms with Crippen LogP contribution in [0.25, 0.3) is 11.3 Å². The number of H-pyrrole nitrogens is 1. The summed E-state index contributed by atoms with van der Waals surface area (Å²) in [5, 5.41) is 3.06. The van der Waals surface area contributed by atoms with Crippen molar-refractivity contribution in [2.24, 2.45) is 5.92 Å². The number of carbonyl (C=O) groups is 1. The molecular weight excluding hydrogens is 274 g/mol. The number of aromatic amines is 1. The number of nitrogens with zero attached hydrogens (tertiary/aromatic N) is 1. The molecule has 4 nitrogen and oxygen atoms in total. The largest absolute Gasteiger partial charge is 0.346 e. The van der Waals surface area contributed by atoms with E-state index in [1.54, 1.807) is 0 Å². The van der Waals surface area contributed by atoms with E-state index in [-0.39, 0.29) is 17.9 Å². The Morgan fingerprint density at radius 2 is 2.14 bits per heavy atom. The van der Waals surface area contributed by atoms with Crippen LogP contribution in [0.3, 0.4) is 0 Å². The number of amides is 1. The topological polar surface area (TPSA) is 57.8 Å². The van der Waals surface area contributed by atoms with E-state index in [2.05, 4.69) is 27.4 Å². The fourth-order valence-corrected chi connectivity index (χ4v) is 2.75. The van der Waals surface area contributed by atoms with Crippen LogP contribution in [0.2, 0.25) is 0 Å². The van der Waals surface area contributed by atoms with E-state index in [4.69, 9.17) is 0 Å². The molecule has 3 rings (SSSR count). The van der Waals surface area contributed by atoms with Crippen molar-refractivity contribution in [1.82, 2.24) is 15.3 Å². The molecule has 0 spiro atoms. The first kappa shape index (κ1) is 14.6. The minimum atomic E-state index is -0.115. The van der Waals surface area contributed by atoms with Gasteiger partial charge in [-0.05, 0) is 31.7 Å². The minimum absolute atomic E-state index is 0.0935. The number of aromatic nitrogens is 2. The Morgan fingerprint density at radius 3 is 2.86 bits per heavy atom. The molecule has 0 aliphatic heterocycles. The van der Waals surface area contributed by atoms with Crippen LogP contribution < -0.4 is 5.32 Å². The van der Waals surface area contributed by atoms with Crippen LogP contribution in [0.1, 0.15) is 38.1 Å². The number of imidazole rings is 1. The van der Waals surface area contributed by atoms with Crippen molar-refractivity contribution >= 4 is 5.91 Å². The maximum Gasteiger partial charge on any atom is 0.224 e. The second kappa shape index (κ2) is 6.60. The molecule has 2 N–H and O–H groups in total. The SMILES string of the molecule is C[C@@H](NC(=O)[C@H]1CC=CCC1)c1ncc(-c2ccccc2)[nH]1. The summed E-state index contributed by atoms with van der Waals surface area (Å²) in [6, 6.07) is 9.94. The Hall–Kier alpha value is -2.36. The molecule has 2 atom stereocenters. The third-order valence-corrected chi connectivity index (χ3v) is 4.09. The van der Waals surface area contributed by atoms with Gasteiger partial charge in [0.05, 0.1) is 17.9 Å². The molecule has 2 aromatic rings. The highest BCUT2D eigenvalue weighted by Crippen LogP contribution is 2.21. The number of hydrogen-bond donors (Lipinski definition) is 2. The van der Waals surface area contributed by atoms with Crippen LogP contribution in [-0.4, -0.2) is 15.9 Å². The maximum absolute atomic E-state index is 12.3. The van der Waals surface area contributed by atoms with Gasteiger partial charge < -0.3 is 10.3 Å². The Labute approximate surface area is 130 Å². The Balaban J connectivity index is 1.65. The first-order valence-corrected chi connectivity index (χ1v) is 7.79. The molecule has 0 unspecified atom stereocenters. The Morgan fingerprint density at radius 1 is 1.32 bits per heavy atom. The molecule has 1 aliphatic carbocycles. The van der Waals surface area contributed by atoms with Crippen molar-refractivity contribution in [3.8, 4) is 11.3 Å². The maximum atomic E-state index is 12.3. The molecule has 0 fully saturated rings. The minimum Gasteiger partial charge on any atom is -0.346 e. The zero-order chi connectivity index (χ0) is 15.4. The lowest BCUT2D eigenvalue weighted by molar-refractivity contribution is -0.125. The number of nitrogens with one attached hydrogen (secondary N) is 2. The molecule has 4 heteroatoms. The van der Waals surface area contributed by atoms with Crippen LogP contribution in [0.15, 0.2) is 48.7 Å². The van der Waals surface area contributed by atoms with Gasteiger partial charge in [-0.25, -0.2) is 4.98 Å². The van der Waals surface area contributed by atoms with Crippen LogP contribution in [0.4, 0.5) is 0 Å². The lowest BCUT2D eigenvalue weighted by atomic mass is 9.93. The number of rotatable bonds is 4. The molecule has 22 heavy (non-hydrogen) atoms. The summed E-state index contributed by atoms with van der Waals surface area (Å²) < 4.78 is 0. The summed E-state index contributed by atoms with van der Waals surface area (Å²) in [6.07, 6.45) is 8.82. The van der Waals surface area contributed by atoms with Crippen LogP contribution in [0.5, 0.6) is 0 Å². The van der Waals surface area contributed by atoms with Crippen LogP contribution >= 0.6 is 0 Å². The first-order chi connectivity index (χ1) is 10.7. The van der Waals surface area contributed by atoms with Crippen molar-refractivity contribution < 1.29 is 4.79 Å². The van der Waals surface area contributed by atoms with Gasteiger partial charge in [0.15, 0.2) is 0 Å². The highest BCUT2D eigenvalue weighted by atomic mass is 16.1. The van der Waals surface area contributed by atoms with E-state index in [0.717, 1.165) is 36.3 Å². The second-order valence-corrected chi connectivity index (χ2v) is 5.76. The van der Waals surface area contributed by atoms with E-state index in [1.807, 2.05) is 43.5 Å². The average molecular weight is 295 g/mol. The van der Waals surface area contributed by atoms with Gasteiger partial charge in [0.25, 0.3) is 0 Å². The predicted molar refractivity (Wildman–Crippen MR) is 87.1 cm³/mol. The summed E-state index contributed by atoms with van der Waals surface area (Å²) in [5.74, 6) is 1.00. The molecule has 0 bridgehead atoms. The highest BCUT2D eigenvalue weighted by Gasteiger charge is 2.21. The number of hydrogen-bond acceptors (Lipinski definition) is 2. The molecule has 1 heterocycles. The third kappa shape index (κ3) is 3.27. The van der Waals surface area contributed by atoms with Crippen molar-refractivity contribution in [2.45, 2.75) is 32.2 Å². The monoisotopic (exact) mass is 295 g/mol. The van der Waals surface area contributed by atoms with Gasteiger partial charge >= 0.3 is 0 Å². The van der Waals surface area contributed by atoms with Gasteiger partial charge in [-0.3, -0.25) is 4.79 Å². The number of carbonyl (C=O) groups excluding carboxylic acids is 1. The Kier molecular flexibility index (Phi) is 4.37. The molecular formula is C18H21N3O. The van der Waals surface area contributed by atoms with Crippen molar-refractivity contribution in [1.29, 1.82) is 0 Å². The van der Waals surface area contributed by atoms with E-state index < -0.39 is 0 Å². The summed E-state index contributed by atoms with van der Waals surface area (Å²) in [7, 11) is 0.